The zero-order valence-corrected chi connectivity index (χ0v) is 9.32. The van der Waals surface area contributed by atoms with Gasteiger partial charge in [0.2, 0.25) is 0 Å². The molecule has 1 aromatic carbocycles. The smallest absolute Gasteiger partial charge is 0.315 e. The summed E-state index contributed by atoms with van der Waals surface area (Å²) in [4.78, 5) is 11.1. The third kappa shape index (κ3) is 4.24. The van der Waals surface area contributed by atoms with Gasteiger partial charge in [-0.15, -0.1) is 6.58 Å². The van der Waals surface area contributed by atoms with E-state index in [0.717, 1.165) is 0 Å². The fourth-order valence-electron chi connectivity index (χ4n) is 1.27. The van der Waals surface area contributed by atoms with Crippen LogP contribution in [0.5, 0.6) is 0 Å². The Hall–Kier alpha value is -1.88. The second-order valence-electron chi connectivity index (χ2n) is 3.42. The summed E-state index contributed by atoms with van der Waals surface area (Å²) < 4.78 is 13.3. The van der Waals surface area contributed by atoms with Crippen molar-refractivity contribution in [1.29, 1.82) is 0 Å². The Labute approximate surface area is 99.2 Å². The fraction of sp³-hybridized carbons (Fsp3) is 0.250. The molecule has 2 amide bonds. The van der Waals surface area contributed by atoms with Gasteiger partial charge in [-0.05, 0) is 6.07 Å². The van der Waals surface area contributed by atoms with Crippen LogP contribution in [-0.4, -0.2) is 24.2 Å². The molecule has 4 nitrogen and oxygen atoms in total. The van der Waals surface area contributed by atoms with Crippen molar-refractivity contribution in [3.63, 3.8) is 0 Å². The normalized spacial score (nSPS) is 11.6. The molecule has 92 valence electrons. The standard InChI is InChI=1S/C12H15FN2O2/c1-2-7-14-12(17)15-8-11(16)9-5-3-4-6-10(9)13/h2-6,11,16H,1,7-8H2,(H2,14,15,17). The van der Waals surface area contributed by atoms with E-state index in [-0.39, 0.29) is 12.1 Å². The van der Waals surface area contributed by atoms with Crippen LogP contribution in [-0.2, 0) is 0 Å². The highest BCUT2D eigenvalue weighted by molar-refractivity contribution is 5.73. The zero-order valence-electron chi connectivity index (χ0n) is 9.32. The van der Waals surface area contributed by atoms with Crippen LogP contribution in [0.25, 0.3) is 0 Å². The van der Waals surface area contributed by atoms with Gasteiger partial charge in [-0.25, -0.2) is 9.18 Å². The molecule has 0 saturated carbocycles. The number of nitrogens with one attached hydrogen (secondary N) is 2. The summed E-state index contributed by atoms with van der Waals surface area (Å²) in [6, 6.07) is 5.47. The van der Waals surface area contributed by atoms with Crippen molar-refractivity contribution in [2.75, 3.05) is 13.1 Å². The number of benzene rings is 1. The van der Waals surface area contributed by atoms with Crippen LogP contribution in [0.15, 0.2) is 36.9 Å². The predicted molar refractivity (Wildman–Crippen MR) is 63.0 cm³/mol. The van der Waals surface area contributed by atoms with E-state index in [4.69, 9.17) is 0 Å². The van der Waals surface area contributed by atoms with Gasteiger partial charge in [0.1, 0.15) is 5.82 Å². The van der Waals surface area contributed by atoms with Crippen molar-refractivity contribution in [2.45, 2.75) is 6.10 Å². The van der Waals surface area contributed by atoms with E-state index < -0.39 is 18.0 Å². The highest BCUT2D eigenvalue weighted by atomic mass is 19.1. The number of aliphatic hydroxyl groups is 1. The fourth-order valence-corrected chi connectivity index (χ4v) is 1.27. The first kappa shape index (κ1) is 13.2. The second-order valence-corrected chi connectivity index (χ2v) is 3.42. The monoisotopic (exact) mass is 238 g/mol. The molecule has 0 aliphatic rings. The molecule has 0 bridgehead atoms. The van der Waals surface area contributed by atoms with E-state index in [1.807, 2.05) is 0 Å². The number of halogens is 1. The van der Waals surface area contributed by atoms with E-state index in [1.165, 1.54) is 24.3 Å². The molecule has 0 heterocycles. The van der Waals surface area contributed by atoms with Crippen LogP contribution >= 0.6 is 0 Å². The van der Waals surface area contributed by atoms with Gasteiger partial charge in [0.25, 0.3) is 0 Å². The highest BCUT2D eigenvalue weighted by Crippen LogP contribution is 2.15. The SMILES string of the molecule is C=CCNC(=O)NCC(O)c1ccccc1F. The first-order chi connectivity index (χ1) is 8.15. The third-order valence-electron chi connectivity index (χ3n) is 2.13. The molecule has 0 aliphatic heterocycles. The van der Waals surface area contributed by atoms with Gasteiger partial charge in [-0.2, -0.15) is 0 Å². The van der Waals surface area contributed by atoms with Crippen LogP contribution in [0, 0.1) is 5.82 Å². The summed E-state index contributed by atoms with van der Waals surface area (Å²) >= 11 is 0. The number of rotatable bonds is 5. The topological polar surface area (TPSA) is 61.4 Å². The summed E-state index contributed by atoms with van der Waals surface area (Å²) in [7, 11) is 0. The maximum Gasteiger partial charge on any atom is 0.315 e. The molecule has 0 aromatic heterocycles. The molecule has 0 radical (unpaired) electrons. The zero-order chi connectivity index (χ0) is 12.7. The molecule has 0 aliphatic carbocycles. The number of aliphatic hydroxyl groups excluding tert-OH is 1. The molecule has 1 rings (SSSR count). The quantitative estimate of drug-likeness (QED) is 0.678. The lowest BCUT2D eigenvalue weighted by Gasteiger charge is -2.13. The number of carbonyl (C=O) groups excluding carboxylic acids is 1. The Morgan fingerprint density at radius 1 is 1.47 bits per heavy atom. The minimum Gasteiger partial charge on any atom is -0.386 e. The molecule has 0 spiro atoms. The lowest BCUT2D eigenvalue weighted by Crippen LogP contribution is -2.37. The average Bonchev–Trinajstić information content (AvgIpc) is 2.34. The van der Waals surface area contributed by atoms with Crippen LogP contribution in [0.1, 0.15) is 11.7 Å². The van der Waals surface area contributed by atoms with Crippen molar-refractivity contribution in [1.82, 2.24) is 10.6 Å². The van der Waals surface area contributed by atoms with Gasteiger partial charge in [-0.3, -0.25) is 0 Å². The summed E-state index contributed by atoms with van der Waals surface area (Å²) in [6.07, 6.45) is 0.470. The minimum atomic E-state index is -1.06. The average molecular weight is 238 g/mol. The van der Waals surface area contributed by atoms with Crippen molar-refractivity contribution < 1.29 is 14.3 Å². The molecule has 0 saturated heterocycles. The van der Waals surface area contributed by atoms with Crippen molar-refractivity contribution in [2.24, 2.45) is 0 Å². The van der Waals surface area contributed by atoms with Crippen LogP contribution in [0.4, 0.5) is 9.18 Å². The number of carbonyl (C=O) groups is 1. The van der Waals surface area contributed by atoms with Gasteiger partial charge in [0.15, 0.2) is 0 Å². The number of hydrogen-bond donors (Lipinski definition) is 3. The van der Waals surface area contributed by atoms with Crippen molar-refractivity contribution in [3.05, 3.63) is 48.3 Å². The molecule has 17 heavy (non-hydrogen) atoms. The first-order valence-electron chi connectivity index (χ1n) is 5.20. The minimum absolute atomic E-state index is 0.0517. The third-order valence-corrected chi connectivity index (χ3v) is 2.13. The Bertz CT molecular complexity index is 396. The molecule has 0 fully saturated rings. The molecule has 1 atom stereocenters. The van der Waals surface area contributed by atoms with Crippen molar-refractivity contribution >= 4 is 6.03 Å². The molecule has 1 unspecified atom stereocenters. The summed E-state index contributed by atoms with van der Waals surface area (Å²) in [5.74, 6) is -0.492. The maximum absolute atomic E-state index is 13.3. The van der Waals surface area contributed by atoms with E-state index in [9.17, 15) is 14.3 Å². The Balaban J connectivity index is 2.45. The van der Waals surface area contributed by atoms with Gasteiger partial charge in [0.05, 0.1) is 6.10 Å². The number of hydrogen-bond acceptors (Lipinski definition) is 2. The largest absolute Gasteiger partial charge is 0.386 e. The van der Waals surface area contributed by atoms with Crippen LogP contribution in [0.2, 0.25) is 0 Å². The first-order valence-corrected chi connectivity index (χ1v) is 5.20. The summed E-state index contributed by atoms with van der Waals surface area (Å²) in [5.41, 5.74) is 0.163. The molecule has 5 heteroatoms. The molecule has 3 N–H and O–H groups in total. The highest BCUT2D eigenvalue weighted by Gasteiger charge is 2.12. The molecular formula is C12H15FN2O2. The molecule has 1 aromatic rings. The van der Waals surface area contributed by atoms with Gasteiger partial charge < -0.3 is 15.7 Å². The van der Waals surface area contributed by atoms with Crippen molar-refractivity contribution in [3.8, 4) is 0 Å². The Kier molecular flexibility index (Phi) is 5.16. The Morgan fingerprint density at radius 2 is 2.18 bits per heavy atom. The van der Waals surface area contributed by atoms with Crippen LogP contribution in [0.3, 0.4) is 0 Å². The van der Waals surface area contributed by atoms with Gasteiger partial charge >= 0.3 is 6.03 Å². The van der Waals surface area contributed by atoms with E-state index in [1.54, 1.807) is 6.07 Å². The number of urea groups is 1. The Morgan fingerprint density at radius 3 is 2.82 bits per heavy atom. The van der Waals surface area contributed by atoms with Gasteiger partial charge in [-0.1, -0.05) is 24.3 Å². The number of amides is 2. The maximum atomic E-state index is 13.3. The lowest BCUT2D eigenvalue weighted by atomic mass is 10.1. The van der Waals surface area contributed by atoms with E-state index in [2.05, 4.69) is 17.2 Å². The van der Waals surface area contributed by atoms with E-state index >= 15 is 0 Å². The summed E-state index contributed by atoms with van der Waals surface area (Å²) in [5, 5.41) is 14.6. The second kappa shape index (κ2) is 6.65. The van der Waals surface area contributed by atoms with E-state index in [0.29, 0.717) is 6.54 Å². The predicted octanol–water partition coefficient (Wildman–Crippen LogP) is 1.34. The lowest BCUT2D eigenvalue weighted by molar-refractivity contribution is 0.169. The summed E-state index contributed by atoms with van der Waals surface area (Å²) in [6.45, 7) is 3.73. The van der Waals surface area contributed by atoms with Gasteiger partial charge in [0, 0.05) is 18.7 Å². The molecular weight excluding hydrogens is 223 g/mol. The van der Waals surface area contributed by atoms with Crippen LogP contribution < -0.4 is 10.6 Å².